The van der Waals surface area contributed by atoms with Crippen molar-refractivity contribution < 1.29 is 22.7 Å². The van der Waals surface area contributed by atoms with Gasteiger partial charge in [0.2, 0.25) is 10.0 Å². The van der Waals surface area contributed by atoms with E-state index in [0.717, 1.165) is 5.56 Å². The monoisotopic (exact) mass is 517 g/mol. The summed E-state index contributed by atoms with van der Waals surface area (Å²) in [6.45, 7) is 5.26. The summed E-state index contributed by atoms with van der Waals surface area (Å²) >= 11 is 0. The zero-order valence-electron chi connectivity index (χ0n) is 21.6. The van der Waals surface area contributed by atoms with Gasteiger partial charge in [0.1, 0.15) is 22.6 Å². The molecular formula is C27H36FN3O4S. The minimum Gasteiger partial charge on any atom is -0.487 e. The summed E-state index contributed by atoms with van der Waals surface area (Å²) in [6.07, 6.45) is -0.330. The lowest BCUT2D eigenvalue weighted by Gasteiger charge is -2.37. The molecule has 1 N–H and O–H groups in total. The first-order valence-corrected chi connectivity index (χ1v) is 13.4. The molecule has 0 unspecified atom stereocenters. The Morgan fingerprint density at radius 1 is 1.19 bits per heavy atom. The highest BCUT2D eigenvalue weighted by Crippen LogP contribution is 2.34. The standard InChI is InChI=1S/C27H36FN3O4S/c1-20-16-31(21(2)19-32)36(33,34)27-13-10-22(7-6-14-29(3)4)15-25(27)35-26(20)18-30(5)17-23-8-11-24(28)12-9-23/h8-13,15,20-21,26,32H,14,16-19H2,1-5H3/t20-,21+,26-/m0/s1. The maximum Gasteiger partial charge on any atom is 0.247 e. The molecule has 0 saturated heterocycles. The quantitative estimate of drug-likeness (QED) is 0.570. The maximum absolute atomic E-state index is 13.6. The Morgan fingerprint density at radius 2 is 1.89 bits per heavy atom. The van der Waals surface area contributed by atoms with E-state index in [4.69, 9.17) is 4.74 Å². The molecule has 1 aliphatic heterocycles. The Kier molecular flexibility index (Phi) is 9.50. The molecule has 1 heterocycles. The molecule has 7 nitrogen and oxygen atoms in total. The smallest absolute Gasteiger partial charge is 0.247 e. The molecule has 36 heavy (non-hydrogen) atoms. The van der Waals surface area contributed by atoms with Crippen LogP contribution in [0.1, 0.15) is 25.0 Å². The molecule has 3 atom stereocenters. The number of sulfonamides is 1. The second-order valence-electron chi connectivity index (χ2n) is 9.76. The van der Waals surface area contributed by atoms with Crippen LogP contribution in [0, 0.1) is 23.6 Å². The highest BCUT2D eigenvalue weighted by molar-refractivity contribution is 7.89. The molecule has 0 radical (unpaired) electrons. The van der Waals surface area contributed by atoms with Gasteiger partial charge in [-0.2, -0.15) is 4.31 Å². The molecule has 1 aliphatic rings. The second-order valence-corrected chi connectivity index (χ2v) is 11.6. The van der Waals surface area contributed by atoms with Crippen LogP contribution in [-0.4, -0.2) is 87.2 Å². The lowest BCUT2D eigenvalue weighted by Crippen LogP contribution is -2.49. The minimum absolute atomic E-state index is 0.0686. The molecule has 0 amide bonds. The van der Waals surface area contributed by atoms with Gasteiger partial charge in [-0.1, -0.05) is 30.9 Å². The Labute approximate surface area is 214 Å². The van der Waals surface area contributed by atoms with Crippen molar-refractivity contribution in [2.45, 2.75) is 37.4 Å². The third kappa shape index (κ3) is 7.05. The lowest BCUT2D eigenvalue weighted by atomic mass is 10.0. The summed E-state index contributed by atoms with van der Waals surface area (Å²) in [5, 5.41) is 9.80. The third-order valence-corrected chi connectivity index (χ3v) is 8.17. The van der Waals surface area contributed by atoms with Gasteiger partial charge in [0.25, 0.3) is 0 Å². The topological polar surface area (TPSA) is 73.3 Å². The predicted octanol–water partition coefficient (Wildman–Crippen LogP) is 2.64. The summed E-state index contributed by atoms with van der Waals surface area (Å²) in [5.41, 5.74) is 1.63. The van der Waals surface area contributed by atoms with Crippen molar-refractivity contribution in [1.29, 1.82) is 0 Å². The van der Waals surface area contributed by atoms with Gasteiger partial charge in [-0.05, 0) is 64.0 Å². The van der Waals surface area contributed by atoms with Crippen molar-refractivity contribution in [2.24, 2.45) is 5.92 Å². The zero-order valence-corrected chi connectivity index (χ0v) is 22.4. The van der Waals surface area contributed by atoms with E-state index in [1.165, 1.54) is 22.5 Å². The Morgan fingerprint density at radius 3 is 2.53 bits per heavy atom. The average Bonchev–Trinajstić information content (AvgIpc) is 2.82. The van der Waals surface area contributed by atoms with Gasteiger partial charge in [-0.25, -0.2) is 12.8 Å². The molecule has 3 rings (SSSR count). The fraction of sp³-hybridized carbons (Fsp3) is 0.481. The first-order chi connectivity index (χ1) is 17.0. The number of halogens is 1. The van der Waals surface area contributed by atoms with E-state index in [1.807, 2.05) is 33.0 Å². The largest absolute Gasteiger partial charge is 0.487 e. The summed E-state index contributed by atoms with van der Waals surface area (Å²) in [5.74, 6) is 5.96. The normalized spacial score (nSPS) is 20.6. The van der Waals surface area contributed by atoms with E-state index < -0.39 is 16.1 Å². The van der Waals surface area contributed by atoms with Crippen molar-refractivity contribution in [1.82, 2.24) is 14.1 Å². The molecule has 2 aromatic rings. The molecule has 9 heteroatoms. The molecule has 0 saturated carbocycles. The molecule has 0 aromatic heterocycles. The zero-order chi connectivity index (χ0) is 26.5. The molecule has 2 aromatic carbocycles. The summed E-state index contributed by atoms with van der Waals surface area (Å²) in [7, 11) is 1.91. The number of rotatable bonds is 7. The van der Waals surface area contributed by atoms with E-state index in [1.54, 1.807) is 31.2 Å². The van der Waals surface area contributed by atoms with Crippen LogP contribution in [0.25, 0.3) is 0 Å². The van der Waals surface area contributed by atoms with Crippen LogP contribution < -0.4 is 4.74 Å². The molecule has 196 valence electrons. The highest BCUT2D eigenvalue weighted by atomic mass is 32.2. The molecule has 0 fully saturated rings. The number of fused-ring (bicyclic) bond motifs is 1. The fourth-order valence-corrected chi connectivity index (χ4v) is 5.92. The van der Waals surface area contributed by atoms with Crippen molar-refractivity contribution in [3.63, 3.8) is 0 Å². The maximum atomic E-state index is 13.6. The van der Waals surface area contributed by atoms with Gasteiger partial charge >= 0.3 is 0 Å². The molecule has 0 aliphatic carbocycles. The lowest BCUT2D eigenvalue weighted by molar-refractivity contribution is 0.0733. The summed E-state index contributed by atoms with van der Waals surface area (Å²) < 4.78 is 48.2. The van der Waals surface area contributed by atoms with Crippen molar-refractivity contribution in [2.75, 3.05) is 47.4 Å². The Balaban J connectivity index is 1.95. The van der Waals surface area contributed by atoms with Crippen molar-refractivity contribution in [3.8, 4) is 17.6 Å². The van der Waals surface area contributed by atoms with E-state index >= 15 is 0 Å². The predicted molar refractivity (Wildman–Crippen MR) is 139 cm³/mol. The van der Waals surface area contributed by atoms with E-state index in [0.29, 0.717) is 25.2 Å². The van der Waals surface area contributed by atoms with Gasteiger partial charge < -0.3 is 9.84 Å². The minimum atomic E-state index is -3.90. The van der Waals surface area contributed by atoms with E-state index in [-0.39, 0.29) is 41.6 Å². The van der Waals surface area contributed by atoms with Gasteiger partial charge in [-0.15, -0.1) is 0 Å². The Hall–Kier alpha value is -2.48. The number of likely N-dealkylation sites (N-methyl/N-ethyl adjacent to an activating group) is 1. The first-order valence-electron chi connectivity index (χ1n) is 12.0. The number of aliphatic hydroxyl groups is 1. The van der Waals surface area contributed by atoms with Crippen LogP contribution in [0.5, 0.6) is 5.75 Å². The molecular weight excluding hydrogens is 481 g/mol. The van der Waals surface area contributed by atoms with Crippen LogP contribution in [0.15, 0.2) is 47.4 Å². The van der Waals surface area contributed by atoms with E-state index in [2.05, 4.69) is 16.7 Å². The second kappa shape index (κ2) is 12.2. The highest BCUT2D eigenvalue weighted by Gasteiger charge is 2.38. The first kappa shape index (κ1) is 28.1. The van der Waals surface area contributed by atoms with Crippen LogP contribution in [-0.2, 0) is 16.6 Å². The average molecular weight is 518 g/mol. The van der Waals surface area contributed by atoms with Crippen molar-refractivity contribution in [3.05, 3.63) is 59.4 Å². The SMILES string of the molecule is C[C@H](CO)N1C[C@H](C)[C@H](CN(C)Cc2ccc(F)cc2)Oc2cc(C#CCN(C)C)ccc2S1(=O)=O. The fourth-order valence-electron chi connectivity index (χ4n) is 4.09. The van der Waals surface area contributed by atoms with Crippen LogP contribution in [0.4, 0.5) is 4.39 Å². The number of aliphatic hydroxyl groups excluding tert-OH is 1. The number of ether oxygens (including phenoxy) is 1. The van der Waals surface area contributed by atoms with E-state index in [9.17, 15) is 17.9 Å². The van der Waals surface area contributed by atoms with Crippen molar-refractivity contribution >= 4 is 10.0 Å². The van der Waals surface area contributed by atoms with Crippen LogP contribution in [0.2, 0.25) is 0 Å². The van der Waals surface area contributed by atoms with Gasteiger partial charge in [0.05, 0.1) is 13.2 Å². The summed E-state index contributed by atoms with van der Waals surface area (Å²) in [4.78, 5) is 4.09. The molecule has 0 bridgehead atoms. The van der Waals surface area contributed by atoms with Gasteiger partial charge in [-0.3, -0.25) is 9.80 Å². The van der Waals surface area contributed by atoms with Gasteiger partial charge in [0, 0.05) is 37.2 Å². The Bertz CT molecular complexity index is 1190. The number of nitrogens with zero attached hydrogens (tertiary/aromatic N) is 3. The van der Waals surface area contributed by atoms with Gasteiger partial charge in [0.15, 0.2) is 0 Å². The molecule has 0 spiro atoms. The third-order valence-electron chi connectivity index (χ3n) is 6.15. The van der Waals surface area contributed by atoms with Crippen LogP contribution in [0.3, 0.4) is 0 Å². The number of benzene rings is 2. The summed E-state index contributed by atoms with van der Waals surface area (Å²) in [6, 6.07) is 10.7. The number of hydrogen-bond acceptors (Lipinski definition) is 6. The van der Waals surface area contributed by atoms with Crippen LogP contribution >= 0.6 is 0 Å². The number of hydrogen-bond donors (Lipinski definition) is 1.